The first kappa shape index (κ1) is 10.4. The Kier molecular flexibility index (Phi) is 7.88. The Morgan fingerprint density at radius 1 is 1.30 bits per heavy atom. The van der Waals surface area contributed by atoms with Gasteiger partial charge in [0.1, 0.15) is 0 Å². The highest BCUT2D eigenvalue weighted by Gasteiger charge is 1.94. The first-order valence-electron chi connectivity index (χ1n) is 3.96. The maximum atomic E-state index is 5.15. The van der Waals surface area contributed by atoms with Gasteiger partial charge in [-0.2, -0.15) is 0 Å². The van der Waals surface area contributed by atoms with Crippen molar-refractivity contribution < 1.29 is 0 Å². The molecular weight excluding hydrogens is 160 g/mol. The average molecular weight is 176 g/mol. The minimum absolute atomic E-state index is 1.14. The Morgan fingerprint density at radius 2 is 2.00 bits per heavy atom. The number of hydrogen-bond donors (Lipinski definition) is 0. The van der Waals surface area contributed by atoms with Gasteiger partial charge in [0.25, 0.3) is 0 Å². The summed E-state index contributed by atoms with van der Waals surface area (Å²) < 4.78 is 1.20. The Bertz CT molecular complexity index is 79.3. The molecule has 0 atom stereocenters. The van der Waals surface area contributed by atoms with E-state index in [9.17, 15) is 0 Å². The zero-order valence-electron chi connectivity index (χ0n) is 6.85. The molecule has 0 N–H and O–H groups in total. The van der Waals surface area contributed by atoms with E-state index in [0.29, 0.717) is 0 Å². The predicted octanol–water partition coefficient (Wildman–Crippen LogP) is 3.65. The van der Waals surface area contributed by atoms with E-state index in [1.54, 1.807) is 0 Å². The van der Waals surface area contributed by atoms with Crippen molar-refractivity contribution in [3.05, 3.63) is 0 Å². The van der Waals surface area contributed by atoms with E-state index >= 15 is 0 Å². The molecule has 0 amide bonds. The fraction of sp³-hybridized carbons (Fsp3) is 0.875. The monoisotopic (exact) mass is 176 g/mol. The third-order valence-corrected chi connectivity index (χ3v) is 2.90. The molecule has 0 aromatic heterocycles. The van der Waals surface area contributed by atoms with Crippen LogP contribution in [0.2, 0.25) is 0 Å². The number of thioether (sulfide) groups is 1. The van der Waals surface area contributed by atoms with Gasteiger partial charge in [0.15, 0.2) is 0 Å². The number of rotatable bonds is 5. The summed E-state index contributed by atoms with van der Waals surface area (Å²) >= 11 is 7.00. The van der Waals surface area contributed by atoms with Crippen molar-refractivity contribution in [3.63, 3.8) is 0 Å². The maximum Gasteiger partial charge on any atom is 0.0478 e. The first-order chi connectivity index (χ1) is 4.81. The molecule has 0 rings (SSSR count). The Hall–Kier alpha value is 0.440. The molecule has 0 aliphatic heterocycles. The van der Waals surface area contributed by atoms with Crippen molar-refractivity contribution in [1.82, 2.24) is 0 Å². The predicted molar refractivity (Wildman–Crippen MR) is 54.9 cm³/mol. The number of thiocarbonyl (C=S) groups is 1. The molecule has 0 aromatic carbocycles. The molecule has 0 heterocycles. The Balaban J connectivity index is 3.09. The van der Waals surface area contributed by atoms with Crippen molar-refractivity contribution in [2.75, 3.05) is 5.75 Å². The molecule has 0 radical (unpaired) electrons. The van der Waals surface area contributed by atoms with Gasteiger partial charge < -0.3 is 0 Å². The topological polar surface area (TPSA) is 0 Å². The summed E-state index contributed by atoms with van der Waals surface area (Å²) in [5.41, 5.74) is 0. The number of unbranched alkanes of at least 4 members (excludes halogenated alkanes) is 1. The van der Waals surface area contributed by atoms with Gasteiger partial charge in [-0.05, 0) is 25.0 Å². The van der Waals surface area contributed by atoms with Gasteiger partial charge in [-0.1, -0.05) is 32.5 Å². The van der Waals surface area contributed by atoms with Gasteiger partial charge in [-0.15, -0.1) is 11.8 Å². The quantitative estimate of drug-likeness (QED) is 0.586. The van der Waals surface area contributed by atoms with Crippen LogP contribution in [0.4, 0.5) is 0 Å². The molecule has 0 bridgehead atoms. The van der Waals surface area contributed by atoms with E-state index < -0.39 is 0 Å². The van der Waals surface area contributed by atoms with Crippen molar-refractivity contribution in [3.8, 4) is 0 Å². The van der Waals surface area contributed by atoms with E-state index in [2.05, 4.69) is 13.8 Å². The lowest BCUT2D eigenvalue weighted by Crippen LogP contribution is -1.88. The van der Waals surface area contributed by atoms with Crippen LogP contribution in [0.5, 0.6) is 0 Å². The summed E-state index contributed by atoms with van der Waals surface area (Å²) in [5, 5.41) is 0. The molecule has 0 spiro atoms. The van der Waals surface area contributed by atoms with Crippen LogP contribution < -0.4 is 0 Å². The van der Waals surface area contributed by atoms with Crippen LogP contribution in [0.3, 0.4) is 0 Å². The highest BCUT2D eigenvalue weighted by atomic mass is 32.2. The number of hydrogen-bond acceptors (Lipinski definition) is 2. The lowest BCUT2D eigenvalue weighted by atomic mass is 10.3. The molecule has 0 aromatic rings. The van der Waals surface area contributed by atoms with Crippen molar-refractivity contribution in [2.45, 2.75) is 39.5 Å². The lowest BCUT2D eigenvalue weighted by molar-refractivity contribution is 0.845. The molecule has 0 unspecified atom stereocenters. The van der Waals surface area contributed by atoms with Crippen LogP contribution in [0.25, 0.3) is 0 Å². The summed E-state index contributed by atoms with van der Waals surface area (Å²) in [5.74, 6) is 1.20. The summed E-state index contributed by atoms with van der Waals surface area (Å²) in [4.78, 5) is 0. The third-order valence-electron chi connectivity index (χ3n) is 1.20. The molecule has 0 nitrogen and oxygen atoms in total. The second-order valence-electron chi connectivity index (χ2n) is 2.32. The Morgan fingerprint density at radius 3 is 2.50 bits per heavy atom. The van der Waals surface area contributed by atoms with Crippen molar-refractivity contribution in [2.24, 2.45) is 0 Å². The van der Waals surface area contributed by atoms with Gasteiger partial charge in [0.05, 0.1) is 0 Å². The summed E-state index contributed by atoms with van der Waals surface area (Å²) in [6.45, 7) is 4.39. The maximum absolute atomic E-state index is 5.15. The molecule has 0 saturated heterocycles. The van der Waals surface area contributed by atoms with Crippen LogP contribution in [-0.4, -0.2) is 9.95 Å². The van der Waals surface area contributed by atoms with E-state index in [-0.39, 0.29) is 0 Å². The molecule has 0 saturated carbocycles. The highest BCUT2D eigenvalue weighted by molar-refractivity contribution is 8.23. The van der Waals surface area contributed by atoms with Crippen LogP contribution in [-0.2, 0) is 0 Å². The summed E-state index contributed by atoms with van der Waals surface area (Å²) in [6, 6.07) is 0. The zero-order valence-corrected chi connectivity index (χ0v) is 8.49. The molecule has 60 valence electrons. The zero-order chi connectivity index (χ0) is 7.82. The Labute approximate surface area is 73.8 Å². The lowest BCUT2D eigenvalue weighted by Gasteiger charge is -1.99. The minimum Gasteiger partial charge on any atom is -0.119 e. The van der Waals surface area contributed by atoms with Gasteiger partial charge in [0, 0.05) is 4.20 Å². The molecular formula is C8H16S2. The van der Waals surface area contributed by atoms with Gasteiger partial charge >= 0.3 is 0 Å². The molecule has 0 aliphatic carbocycles. The average Bonchev–Trinajstić information content (AvgIpc) is 1.97. The largest absolute Gasteiger partial charge is 0.119 e. The normalized spacial score (nSPS) is 9.80. The van der Waals surface area contributed by atoms with Crippen LogP contribution >= 0.6 is 24.0 Å². The first-order valence-corrected chi connectivity index (χ1v) is 5.36. The standard InChI is InChI=1S/C8H16S2/c1-3-5-6-8(9)10-7-4-2/h3-7H2,1-2H3. The SMILES string of the molecule is CCCCC(=S)SCCC. The van der Waals surface area contributed by atoms with Gasteiger partial charge in [-0.3, -0.25) is 0 Å². The minimum atomic E-state index is 1.14. The highest BCUT2D eigenvalue weighted by Crippen LogP contribution is 2.11. The fourth-order valence-electron chi connectivity index (χ4n) is 0.609. The van der Waals surface area contributed by atoms with E-state index in [4.69, 9.17) is 12.2 Å². The van der Waals surface area contributed by atoms with Crippen LogP contribution in [0.1, 0.15) is 39.5 Å². The smallest absolute Gasteiger partial charge is 0.0478 e. The van der Waals surface area contributed by atoms with Gasteiger partial charge in [0.2, 0.25) is 0 Å². The van der Waals surface area contributed by atoms with E-state index in [0.717, 1.165) is 6.42 Å². The second kappa shape index (κ2) is 7.55. The van der Waals surface area contributed by atoms with Crippen molar-refractivity contribution in [1.29, 1.82) is 0 Å². The summed E-state index contributed by atoms with van der Waals surface area (Å²) in [7, 11) is 0. The molecule has 0 fully saturated rings. The van der Waals surface area contributed by atoms with E-state index in [1.165, 1.54) is 29.2 Å². The summed E-state index contributed by atoms with van der Waals surface area (Å²) in [6.07, 6.45) is 4.88. The third kappa shape index (κ3) is 6.56. The van der Waals surface area contributed by atoms with Crippen LogP contribution in [0.15, 0.2) is 0 Å². The fourth-order valence-corrected chi connectivity index (χ4v) is 1.72. The van der Waals surface area contributed by atoms with Crippen LogP contribution in [0, 0.1) is 0 Å². The van der Waals surface area contributed by atoms with E-state index in [1.807, 2.05) is 11.8 Å². The van der Waals surface area contributed by atoms with Gasteiger partial charge in [-0.25, -0.2) is 0 Å². The molecule has 10 heavy (non-hydrogen) atoms. The second-order valence-corrected chi connectivity index (χ2v) is 4.26. The molecule has 2 heteroatoms. The molecule has 0 aliphatic rings. The van der Waals surface area contributed by atoms with Crippen molar-refractivity contribution >= 4 is 28.2 Å².